The lowest BCUT2D eigenvalue weighted by atomic mass is 10.1. The highest BCUT2D eigenvalue weighted by molar-refractivity contribution is 7.80. The van der Waals surface area contributed by atoms with Crippen LogP contribution < -0.4 is 15.5 Å². The Bertz CT molecular complexity index is 1320. The van der Waals surface area contributed by atoms with Crippen molar-refractivity contribution < 1.29 is 9.59 Å². The van der Waals surface area contributed by atoms with E-state index in [4.69, 9.17) is 35.4 Å². The molecule has 3 aromatic rings. The van der Waals surface area contributed by atoms with Crippen LogP contribution in [0.3, 0.4) is 0 Å². The number of carbonyl (C=O) groups is 2. The monoisotopic (exact) mass is 540 g/mol. The number of rotatable bonds is 4. The van der Waals surface area contributed by atoms with Crippen LogP contribution >= 0.6 is 35.4 Å². The van der Waals surface area contributed by atoms with Gasteiger partial charge in [-0.1, -0.05) is 47.5 Å². The molecule has 186 valence electrons. The SMILES string of the molecule is Cc1ccc(C(=O)NC(=S)Nc2ccc(N3CCN(C(=O)c4ccccc4C)CC3)c(Cl)c2)cc1Cl. The molecule has 4 rings (SSSR count). The molecule has 0 bridgehead atoms. The molecule has 1 fully saturated rings. The molecule has 1 aliphatic rings. The fourth-order valence-corrected chi connectivity index (χ4v) is 4.74. The van der Waals surface area contributed by atoms with Crippen molar-refractivity contribution in [3.8, 4) is 0 Å². The molecule has 3 aromatic carbocycles. The number of benzene rings is 3. The summed E-state index contributed by atoms with van der Waals surface area (Å²) in [5.74, 6) is -0.294. The van der Waals surface area contributed by atoms with Crippen LogP contribution in [0.5, 0.6) is 0 Å². The number of nitrogens with zero attached hydrogens (tertiary/aromatic N) is 2. The number of piperazine rings is 1. The van der Waals surface area contributed by atoms with Crippen LogP contribution in [-0.2, 0) is 0 Å². The van der Waals surface area contributed by atoms with E-state index in [1.165, 1.54) is 0 Å². The van der Waals surface area contributed by atoms with E-state index in [2.05, 4.69) is 15.5 Å². The largest absolute Gasteiger partial charge is 0.367 e. The van der Waals surface area contributed by atoms with Gasteiger partial charge in [0.1, 0.15) is 0 Å². The molecule has 6 nitrogen and oxygen atoms in total. The predicted molar refractivity (Wildman–Crippen MR) is 151 cm³/mol. The summed E-state index contributed by atoms with van der Waals surface area (Å²) in [5, 5.41) is 6.88. The Kier molecular flexibility index (Phi) is 8.14. The Morgan fingerprint density at radius 2 is 1.58 bits per heavy atom. The van der Waals surface area contributed by atoms with E-state index in [1.807, 2.05) is 55.1 Å². The van der Waals surface area contributed by atoms with Crippen molar-refractivity contribution in [3.63, 3.8) is 0 Å². The second-order valence-electron chi connectivity index (χ2n) is 8.63. The molecular formula is C27H26Cl2N4O2S. The molecule has 0 radical (unpaired) electrons. The summed E-state index contributed by atoms with van der Waals surface area (Å²) in [7, 11) is 0. The molecule has 9 heteroatoms. The van der Waals surface area contributed by atoms with Crippen molar-refractivity contribution in [1.29, 1.82) is 0 Å². The van der Waals surface area contributed by atoms with E-state index >= 15 is 0 Å². The van der Waals surface area contributed by atoms with Gasteiger partial charge in [-0.15, -0.1) is 0 Å². The van der Waals surface area contributed by atoms with Gasteiger partial charge >= 0.3 is 0 Å². The van der Waals surface area contributed by atoms with E-state index < -0.39 is 0 Å². The highest BCUT2D eigenvalue weighted by Crippen LogP contribution is 2.30. The van der Waals surface area contributed by atoms with E-state index in [0.717, 1.165) is 22.4 Å². The Hall–Kier alpha value is -3.13. The minimum Gasteiger partial charge on any atom is -0.367 e. The molecule has 1 saturated heterocycles. The third kappa shape index (κ3) is 5.98. The van der Waals surface area contributed by atoms with E-state index in [0.29, 0.717) is 47.5 Å². The highest BCUT2D eigenvalue weighted by atomic mass is 35.5. The Labute approximate surface area is 226 Å². The summed E-state index contributed by atoms with van der Waals surface area (Å²) < 4.78 is 0. The molecule has 2 N–H and O–H groups in total. The van der Waals surface area contributed by atoms with Crippen LogP contribution in [0.4, 0.5) is 11.4 Å². The number of aryl methyl sites for hydroxylation is 2. The molecule has 2 amide bonds. The lowest BCUT2D eigenvalue weighted by molar-refractivity contribution is 0.0746. The van der Waals surface area contributed by atoms with Gasteiger partial charge in [0.2, 0.25) is 0 Å². The van der Waals surface area contributed by atoms with Gasteiger partial charge in [0.15, 0.2) is 5.11 Å². The summed E-state index contributed by atoms with van der Waals surface area (Å²) >= 11 is 18.0. The lowest BCUT2D eigenvalue weighted by Gasteiger charge is -2.36. The number of nitrogens with one attached hydrogen (secondary N) is 2. The molecular weight excluding hydrogens is 515 g/mol. The topological polar surface area (TPSA) is 64.7 Å². The van der Waals surface area contributed by atoms with Gasteiger partial charge in [-0.25, -0.2) is 0 Å². The first-order chi connectivity index (χ1) is 17.2. The first kappa shape index (κ1) is 25.9. The summed E-state index contributed by atoms with van der Waals surface area (Å²) in [4.78, 5) is 29.4. The van der Waals surface area contributed by atoms with Gasteiger partial charge in [0.25, 0.3) is 11.8 Å². The van der Waals surface area contributed by atoms with Crippen molar-refractivity contribution in [1.82, 2.24) is 10.2 Å². The maximum atomic E-state index is 12.9. The zero-order valence-electron chi connectivity index (χ0n) is 20.0. The molecule has 36 heavy (non-hydrogen) atoms. The number of halogens is 2. The smallest absolute Gasteiger partial charge is 0.257 e. The second-order valence-corrected chi connectivity index (χ2v) is 9.86. The van der Waals surface area contributed by atoms with Crippen LogP contribution in [0, 0.1) is 13.8 Å². The van der Waals surface area contributed by atoms with Gasteiger partial charge in [-0.2, -0.15) is 0 Å². The third-order valence-electron chi connectivity index (χ3n) is 6.15. The van der Waals surface area contributed by atoms with Gasteiger partial charge in [0.05, 0.1) is 10.7 Å². The van der Waals surface area contributed by atoms with Crippen molar-refractivity contribution >= 4 is 63.7 Å². The van der Waals surface area contributed by atoms with Crippen LogP contribution in [0.15, 0.2) is 60.7 Å². The fraction of sp³-hybridized carbons (Fsp3) is 0.222. The molecule has 0 spiro atoms. The van der Waals surface area contributed by atoms with Gasteiger partial charge in [-0.05, 0) is 73.6 Å². The zero-order chi connectivity index (χ0) is 25.8. The maximum Gasteiger partial charge on any atom is 0.257 e. The minimum absolute atomic E-state index is 0.0573. The normalized spacial score (nSPS) is 13.3. The predicted octanol–water partition coefficient (Wildman–Crippen LogP) is 5.70. The molecule has 0 aromatic heterocycles. The number of hydrogen-bond donors (Lipinski definition) is 2. The van der Waals surface area contributed by atoms with Gasteiger partial charge in [-0.3, -0.25) is 14.9 Å². The number of amides is 2. The molecule has 1 aliphatic heterocycles. The molecule has 0 aliphatic carbocycles. The average Bonchev–Trinajstić information content (AvgIpc) is 2.86. The maximum absolute atomic E-state index is 12.9. The van der Waals surface area contributed by atoms with E-state index in [9.17, 15) is 9.59 Å². The second kappa shape index (κ2) is 11.3. The van der Waals surface area contributed by atoms with Gasteiger partial charge in [0, 0.05) is 48.0 Å². The van der Waals surface area contributed by atoms with E-state index in [-0.39, 0.29) is 16.9 Å². The highest BCUT2D eigenvalue weighted by Gasteiger charge is 2.24. The van der Waals surface area contributed by atoms with Crippen molar-refractivity contribution in [2.24, 2.45) is 0 Å². The number of anilines is 2. The molecule has 0 atom stereocenters. The number of thiocarbonyl (C=S) groups is 1. The van der Waals surface area contributed by atoms with Crippen LogP contribution in [-0.4, -0.2) is 48.0 Å². The summed E-state index contributed by atoms with van der Waals surface area (Å²) in [5.41, 5.74) is 4.57. The van der Waals surface area contributed by atoms with Crippen molar-refractivity contribution in [2.75, 3.05) is 36.4 Å². The Morgan fingerprint density at radius 3 is 2.25 bits per heavy atom. The minimum atomic E-state index is -0.352. The molecule has 0 saturated carbocycles. The fourth-order valence-electron chi connectivity index (χ4n) is 4.05. The van der Waals surface area contributed by atoms with Crippen molar-refractivity contribution in [2.45, 2.75) is 13.8 Å². The van der Waals surface area contributed by atoms with E-state index in [1.54, 1.807) is 24.3 Å². The summed E-state index contributed by atoms with van der Waals surface area (Å²) in [6.07, 6.45) is 0. The van der Waals surface area contributed by atoms with Crippen LogP contribution in [0.2, 0.25) is 10.0 Å². The first-order valence-corrected chi connectivity index (χ1v) is 12.7. The molecule has 0 unspecified atom stereocenters. The zero-order valence-corrected chi connectivity index (χ0v) is 22.3. The van der Waals surface area contributed by atoms with Crippen LogP contribution in [0.1, 0.15) is 31.8 Å². The summed E-state index contributed by atoms with van der Waals surface area (Å²) in [6, 6.07) is 18.3. The lowest BCUT2D eigenvalue weighted by Crippen LogP contribution is -2.49. The third-order valence-corrected chi connectivity index (χ3v) is 7.06. The molecule has 1 heterocycles. The number of carbonyl (C=O) groups excluding carboxylic acids is 2. The average molecular weight is 542 g/mol. The standard InChI is InChI=1S/C27H26Cl2N4O2S/c1-17-5-3-4-6-21(17)26(35)33-13-11-32(12-14-33)24-10-9-20(16-23(24)29)30-27(36)31-25(34)19-8-7-18(2)22(28)15-19/h3-10,15-16H,11-14H2,1-2H3,(H2,30,31,34,36). The number of hydrogen-bond acceptors (Lipinski definition) is 4. The van der Waals surface area contributed by atoms with Crippen molar-refractivity contribution in [3.05, 3.63) is 93.0 Å². The quantitative estimate of drug-likeness (QED) is 0.415. The Morgan fingerprint density at radius 1 is 0.861 bits per heavy atom. The van der Waals surface area contributed by atoms with Gasteiger partial charge < -0.3 is 15.1 Å². The first-order valence-electron chi connectivity index (χ1n) is 11.5. The Balaban J connectivity index is 1.34. The summed E-state index contributed by atoms with van der Waals surface area (Å²) in [6.45, 7) is 6.41. The van der Waals surface area contributed by atoms with Crippen LogP contribution in [0.25, 0.3) is 0 Å².